The van der Waals surface area contributed by atoms with E-state index >= 15 is 0 Å². The molecule has 0 radical (unpaired) electrons. The number of nitrogens with zero attached hydrogens (tertiary/aromatic N) is 1. The van der Waals surface area contributed by atoms with Gasteiger partial charge in [-0.2, -0.15) is 0 Å². The van der Waals surface area contributed by atoms with Gasteiger partial charge in [0.1, 0.15) is 17.6 Å². The molecule has 1 heterocycles. The quantitative estimate of drug-likeness (QED) is 0.590. The van der Waals surface area contributed by atoms with Crippen molar-refractivity contribution in [3.05, 3.63) is 70.9 Å². The average Bonchev–Trinajstić information content (AvgIpc) is 2.75. The van der Waals surface area contributed by atoms with Crippen molar-refractivity contribution in [1.82, 2.24) is 10.2 Å². The van der Waals surface area contributed by atoms with E-state index in [-0.39, 0.29) is 18.6 Å². The minimum atomic E-state index is -0.159. The molecule has 1 N–H and O–H groups in total. The summed E-state index contributed by atoms with van der Waals surface area (Å²) >= 11 is 11.7. The molecule has 2 aromatic rings. The van der Waals surface area contributed by atoms with E-state index in [4.69, 9.17) is 32.7 Å². The molecule has 0 aromatic heterocycles. The molecule has 0 aliphatic carbocycles. The molecule has 1 amide bonds. The first-order valence-corrected chi connectivity index (χ1v) is 10.8. The van der Waals surface area contributed by atoms with Crippen molar-refractivity contribution < 1.29 is 14.3 Å². The zero-order valence-corrected chi connectivity index (χ0v) is 18.3. The van der Waals surface area contributed by atoms with Gasteiger partial charge in [-0.05, 0) is 48.5 Å². The minimum Gasteiger partial charge on any atom is -0.490 e. The molecule has 3 rings (SSSR count). The smallest absolute Gasteiger partial charge is 0.257 e. The van der Waals surface area contributed by atoms with Gasteiger partial charge in [0.25, 0.3) is 5.91 Å². The van der Waals surface area contributed by atoms with Crippen molar-refractivity contribution in [2.24, 2.45) is 0 Å². The van der Waals surface area contributed by atoms with Crippen molar-refractivity contribution in [2.75, 3.05) is 26.2 Å². The number of hydrogen-bond acceptors (Lipinski definition) is 4. The zero-order valence-electron chi connectivity index (χ0n) is 16.8. The lowest BCUT2D eigenvalue weighted by atomic mass is 10.1. The van der Waals surface area contributed by atoms with Crippen molar-refractivity contribution in [3.63, 3.8) is 0 Å². The number of piperidine rings is 1. The van der Waals surface area contributed by atoms with E-state index in [0.29, 0.717) is 28.8 Å². The normalized spacial score (nSPS) is 14.3. The van der Waals surface area contributed by atoms with E-state index in [0.717, 1.165) is 37.4 Å². The number of carbonyl (C=O) groups excluding carboxylic acids is 1. The molecule has 1 aliphatic heterocycles. The van der Waals surface area contributed by atoms with E-state index in [1.807, 2.05) is 24.3 Å². The van der Waals surface area contributed by atoms with Crippen LogP contribution in [-0.4, -0.2) is 43.2 Å². The first kappa shape index (κ1) is 22.3. The molecule has 7 heteroatoms. The van der Waals surface area contributed by atoms with E-state index in [1.54, 1.807) is 24.3 Å². The van der Waals surface area contributed by atoms with Crippen LogP contribution >= 0.6 is 23.2 Å². The van der Waals surface area contributed by atoms with Crippen LogP contribution in [0.2, 0.25) is 10.0 Å². The van der Waals surface area contributed by atoms with E-state index < -0.39 is 0 Å². The van der Waals surface area contributed by atoms with Crippen LogP contribution in [0.3, 0.4) is 0 Å². The number of rotatable bonds is 9. The number of nitrogens with one attached hydrogen (secondary N) is 1. The third kappa shape index (κ3) is 7.15. The fourth-order valence-electron chi connectivity index (χ4n) is 3.23. The van der Waals surface area contributed by atoms with Gasteiger partial charge in [0.05, 0.1) is 0 Å². The topological polar surface area (TPSA) is 50.8 Å². The van der Waals surface area contributed by atoms with Crippen LogP contribution in [0.1, 0.15) is 19.3 Å². The van der Waals surface area contributed by atoms with Crippen LogP contribution in [0.25, 0.3) is 0 Å². The standard InChI is InChI=1S/C23H26Cl2N2O3/c1-17(10-13-26-23(28)16-29-20-6-2-18(24)3-7-20)27-14-11-22(12-15-27)30-21-8-4-19(25)5-9-21/h2-9,22H,1,10-16H2,(H,26,28). The highest BCUT2D eigenvalue weighted by molar-refractivity contribution is 6.30. The molecule has 160 valence electrons. The van der Waals surface area contributed by atoms with Crippen LogP contribution in [-0.2, 0) is 4.79 Å². The molecule has 1 saturated heterocycles. The number of benzene rings is 2. The Morgan fingerprint density at radius 1 is 1.00 bits per heavy atom. The molecule has 1 fully saturated rings. The lowest BCUT2D eigenvalue weighted by Crippen LogP contribution is -2.38. The Kier molecular flexibility index (Phi) is 8.29. The predicted octanol–water partition coefficient (Wildman–Crippen LogP) is 4.94. The number of hydrogen-bond donors (Lipinski definition) is 1. The third-order valence-corrected chi connectivity index (χ3v) is 5.43. The monoisotopic (exact) mass is 448 g/mol. The van der Waals surface area contributed by atoms with E-state index in [9.17, 15) is 4.79 Å². The number of amides is 1. The lowest BCUT2D eigenvalue weighted by Gasteiger charge is -2.35. The van der Waals surface area contributed by atoms with Gasteiger partial charge in [-0.15, -0.1) is 0 Å². The summed E-state index contributed by atoms with van der Waals surface area (Å²) in [6, 6.07) is 14.4. The highest BCUT2D eigenvalue weighted by atomic mass is 35.5. The maximum absolute atomic E-state index is 11.9. The summed E-state index contributed by atoms with van der Waals surface area (Å²) in [5.74, 6) is 1.30. The molecule has 0 bridgehead atoms. The average molecular weight is 449 g/mol. The summed E-state index contributed by atoms with van der Waals surface area (Å²) in [6.45, 7) is 6.46. The SMILES string of the molecule is C=C(CCNC(=O)COc1ccc(Cl)cc1)N1CCC(Oc2ccc(Cl)cc2)CC1. The van der Waals surface area contributed by atoms with Crippen LogP contribution in [0.5, 0.6) is 11.5 Å². The molecular formula is C23H26Cl2N2O3. The largest absolute Gasteiger partial charge is 0.490 e. The summed E-state index contributed by atoms with van der Waals surface area (Å²) < 4.78 is 11.5. The molecule has 0 saturated carbocycles. The molecule has 30 heavy (non-hydrogen) atoms. The molecule has 0 atom stereocenters. The lowest BCUT2D eigenvalue weighted by molar-refractivity contribution is -0.123. The van der Waals surface area contributed by atoms with Gasteiger partial charge >= 0.3 is 0 Å². The summed E-state index contributed by atoms with van der Waals surface area (Å²) in [5.41, 5.74) is 1.03. The van der Waals surface area contributed by atoms with Crippen LogP contribution in [0.15, 0.2) is 60.8 Å². The molecule has 0 spiro atoms. The second-order valence-corrected chi connectivity index (χ2v) is 8.04. The van der Waals surface area contributed by atoms with Gasteiger partial charge in [-0.1, -0.05) is 29.8 Å². The second-order valence-electron chi connectivity index (χ2n) is 7.17. The fraction of sp³-hybridized carbons (Fsp3) is 0.348. The molecular weight excluding hydrogens is 423 g/mol. The van der Waals surface area contributed by atoms with Gasteiger partial charge in [-0.3, -0.25) is 4.79 Å². The van der Waals surface area contributed by atoms with Crippen molar-refractivity contribution in [3.8, 4) is 11.5 Å². The number of ether oxygens (including phenoxy) is 2. The van der Waals surface area contributed by atoms with Crippen molar-refractivity contribution >= 4 is 29.1 Å². The molecule has 1 aliphatic rings. The molecule has 2 aromatic carbocycles. The second kappa shape index (κ2) is 11.1. The highest BCUT2D eigenvalue weighted by Crippen LogP contribution is 2.23. The van der Waals surface area contributed by atoms with Crippen LogP contribution in [0.4, 0.5) is 0 Å². The molecule has 5 nitrogen and oxygen atoms in total. The maximum atomic E-state index is 11.9. The summed E-state index contributed by atoms with van der Waals surface area (Å²) in [5, 5.41) is 4.20. The van der Waals surface area contributed by atoms with Crippen LogP contribution in [0, 0.1) is 0 Å². The molecule has 0 unspecified atom stereocenters. The first-order chi connectivity index (χ1) is 14.5. The summed E-state index contributed by atoms with van der Waals surface area (Å²) in [4.78, 5) is 14.2. The summed E-state index contributed by atoms with van der Waals surface area (Å²) in [6.07, 6.45) is 2.77. The van der Waals surface area contributed by atoms with E-state index in [2.05, 4.69) is 16.8 Å². The zero-order chi connectivity index (χ0) is 21.3. The Morgan fingerprint density at radius 2 is 1.57 bits per heavy atom. The van der Waals surface area contributed by atoms with Crippen molar-refractivity contribution in [2.45, 2.75) is 25.4 Å². The first-order valence-electron chi connectivity index (χ1n) is 9.99. The number of halogens is 2. The van der Waals surface area contributed by atoms with Crippen molar-refractivity contribution in [1.29, 1.82) is 0 Å². The van der Waals surface area contributed by atoms with Gasteiger partial charge < -0.3 is 19.7 Å². The number of carbonyl (C=O) groups is 1. The van der Waals surface area contributed by atoms with Gasteiger partial charge in [0.15, 0.2) is 6.61 Å². The Hall–Kier alpha value is -2.37. The van der Waals surface area contributed by atoms with Gasteiger partial charge in [0, 0.05) is 54.6 Å². The Morgan fingerprint density at radius 3 is 2.17 bits per heavy atom. The summed E-state index contributed by atoms with van der Waals surface area (Å²) in [7, 11) is 0. The highest BCUT2D eigenvalue weighted by Gasteiger charge is 2.21. The van der Waals surface area contributed by atoms with Gasteiger partial charge in [0.2, 0.25) is 0 Å². The van der Waals surface area contributed by atoms with Crippen LogP contribution < -0.4 is 14.8 Å². The fourth-order valence-corrected chi connectivity index (χ4v) is 3.48. The van der Waals surface area contributed by atoms with Gasteiger partial charge in [-0.25, -0.2) is 0 Å². The van der Waals surface area contributed by atoms with E-state index in [1.165, 1.54) is 0 Å². The predicted molar refractivity (Wildman–Crippen MR) is 120 cm³/mol. The minimum absolute atomic E-state index is 0.0263. The Bertz CT molecular complexity index is 833. The maximum Gasteiger partial charge on any atom is 0.257 e. The third-order valence-electron chi connectivity index (χ3n) is 4.92. The number of likely N-dealkylation sites (tertiary alicyclic amines) is 1. The Labute approximate surface area is 187 Å². The Balaban J connectivity index is 1.30.